The Morgan fingerprint density at radius 3 is 2.80 bits per heavy atom. The van der Waals surface area contributed by atoms with Gasteiger partial charge in [-0.2, -0.15) is 0 Å². The van der Waals surface area contributed by atoms with Crippen LogP contribution in [-0.2, 0) is 14.3 Å². The number of morpholine rings is 1. The molecule has 7 heteroatoms. The van der Waals surface area contributed by atoms with Crippen LogP contribution < -0.4 is 10.1 Å². The van der Waals surface area contributed by atoms with Gasteiger partial charge in [-0.05, 0) is 44.4 Å². The predicted octanol–water partition coefficient (Wildman–Crippen LogP) is 2.62. The molecular formula is C23H28N2O5. The highest BCUT2D eigenvalue weighted by Gasteiger charge is 2.40. The second-order valence-corrected chi connectivity index (χ2v) is 7.83. The van der Waals surface area contributed by atoms with E-state index in [2.05, 4.69) is 5.32 Å². The van der Waals surface area contributed by atoms with E-state index in [1.807, 2.05) is 13.8 Å². The summed E-state index contributed by atoms with van der Waals surface area (Å²) in [5, 5.41) is 13.5. The molecule has 1 amide bonds. The lowest BCUT2D eigenvalue weighted by Crippen LogP contribution is -2.44. The van der Waals surface area contributed by atoms with Crippen LogP contribution in [-0.4, -0.2) is 54.6 Å². The largest absolute Gasteiger partial charge is 0.504 e. The van der Waals surface area contributed by atoms with Crippen LogP contribution in [0.25, 0.3) is 0 Å². The molecule has 4 rings (SSSR count). The van der Waals surface area contributed by atoms with Gasteiger partial charge in [0.2, 0.25) is 0 Å². The van der Waals surface area contributed by atoms with Gasteiger partial charge in [0.05, 0.1) is 19.8 Å². The van der Waals surface area contributed by atoms with Crippen LogP contribution in [0.5, 0.6) is 11.5 Å². The molecule has 30 heavy (non-hydrogen) atoms. The quantitative estimate of drug-likeness (QED) is 0.791. The summed E-state index contributed by atoms with van der Waals surface area (Å²) in [6.45, 7) is 6.23. The molecule has 2 aliphatic heterocycles. The summed E-state index contributed by atoms with van der Waals surface area (Å²) in [4.78, 5) is 28.4. The Hall–Kier alpha value is -2.80. The van der Waals surface area contributed by atoms with Crippen LogP contribution in [0.15, 0.2) is 40.7 Å². The SMILES string of the molecule is CCOc1cc([C@@H]2C(C(=O)N3CCOCC3)=C(C)NC3=C2C(=O)CCC3)ccc1O. The third kappa shape index (κ3) is 3.69. The standard InChI is InChI=1S/C23H28N2O5/c1-3-30-19-13-15(7-8-17(19)26)21-20(23(28)25-9-11-29-12-10-25)14(2)24-16-5-4-6-18(27)22(16)21/h7-8,13,21,24,26H,3-6,9-12H2,1-2H3/t21-/m1/s1. The van der Waals surface area contributed by atoms with E-state index in [1.54, 1.807) is 23.1 Å². The average Bonchev–Trinajstić information content (AvgIpc) is 2.75. The Kier molecular flexibility index (Phi) is 5.81. The smallest absolute Gasteiger partial charge is 0.252 e. The van der Waals surface area contributed by atoms with Crippen LogP contribution in [0, 0.1) is 0 Å². The molecule has 2 N–H and O–H groups in total. The number of phenols is 1. The molecule has 160 valence electrons. The molecule has 1 saturated heterocycles. The maximum Gasteiger partial charge on any atom is 0.252 e. The molecule has 7 nitrogen and oxygen atoms in total. The van der Waals surface area contributed by atoms with Gasteiger partial charge in [0, 0.05) is 48.0 Å². The van der Waals surface area contributed by atoms with Crippen LogP contribution >= 0.6 is 0 Å². The van der Waals surface area contributed by atoms with Crippen molar-refractivity contribution in [2.45, 2.75) is 39.0 Å². The van der Waals surface area contributed by atoms with Crippen LogP contribution in [0.1, 0.15) is 44.6 Å². The third-order valence-electron chi connectivity index (χ3n) is 5.92. The number of allylic oxidation sites excluding steroid dienone is 3. The highest BCUT2D eigenvalue weighted by molar-refractivity contribution is 6.05. The number of rotatable bonds is 4. The molecule has 1 aromatic rings. The van der Waals surface area contributed by atoms with Gasteiger partial charge in [0.15, 0.2) is 17.3 Å². The van der Waals surface area contributed by atoms with Gasteiger partial charge < -0.3 is 24.8 Å². The van der Waals surface area contributed by atoms with Gasteiger partial charge in [0.25, 0.3) is 5.91 Å². The van der Waals surface area contributed by atoms with Gasteiger partial charge in [0.1, 0.15) is 0 Å². The number of ketones is 1. The summed E-state index contributed by atoms with van der Waals surface area (Å²) in [5.74, 6) is -0.0942. The average molecular weight is 412 g/mol. The fourth-order valence-corrected chi connectivity index (χ4v) is 4.52. The number of nitrogens with one attached hydrogen (secondary N) is 1. The highest BCUT2D eigenvalue weighted by Crippen LogP contribution is 2.44. The Morgan fingerprint density at radius 1 is 1.30 bits per heavy atom. The maximum absolute atomic E-state index is 13.6. The summed E-state index contributed by atoms with van der Waals surface area (Å²) >= 11 is 0. The first-order valence-electron chi connectivity index (χ1n) is 10.6. The molecule has 0 aromatic heterocycles. The fraction of sp³-hybridized carbons (Fsp3) is 0.478. The Bertz CT molecular complexity index is 928. The van der Waals surface area contributed by atoms with Crippen molar-refractivity contribution in [3.05, 3.63) is 46.3 Å². The van der Waals surface area contributed by atoms with Crippen molar-refractivity contribution in [1.82, 2.24) is 10.2 Å². The van der Waals surface area contributed by atoms with E-state index < -0.39 is 5.92 Å². The summed E-state index contributed by atoms with van der Waals surface area (Å²) in [6.07, 6.45) is 2.06. The normalized spacial score (nSPS) is 22.0. The van der Waals surface area contributed by atoms with E-state index in [1.165, 1.54) is 0 Å². The minimum absolute atomic E-state index is 0.0421. The number of amides is 1. The van der Waals surface area contributed by atoms with Gasteiger partial charge in [-0.3, -0.25) is 9.59 Å². The lowest BCUT2D eigenvalue weighted by Gasteiger charge is -2.37. The minimum Gasteiger partial charge on any atom is -0.504 e. The number of aromatic hydroxyl groups is 1. The van der Waals surface area contributed by atoms with Gasteiger partial charge >= 0.3 is 0 Å². The first-order chi connectivity index (χ1) is 14.5. The second kappa shape index (κ2) is 8.52. The zero-order valence-corrected chi connectivity index (χ0v) is 17.5. The lowest BCUT2D eigenvalue weighted by molar-refractivity contribution is -0.131. The molecule has 2 heterocycles. The number of carbonyl (C=O) groups is 2. The molecule has 0 radical (unpaired) electrons. The van der Waals surface area contributed by atoms with Crippen LogP contribution in [0.4, 0.5) is 0 Å². The molecule has 0 spiro atoms. The van der Waals surface area contributed by atoms with E-state index in [-0.39, 0.29) is 17.4 Å². The van der Waals surface area contributed by atoms with E-state index >= 15 is 0 Å². The van der Waals surface area contributed by atoms with Crippen LogP contribution in [0.3, 0.4) is 0 Å². The first-order valence-corrected chi connectivity index (χ1v) is 10.6. The van der Waals surface area contributed by atoms with Crippen molar-refractivity contribution in [1.29, 1.82) is 0 Å². The van der Waals surface area contributed by atoms with E-state index in [0.29, 0.717) is 56.2 Å². The van der Waals surface area contributed by atoms with E-state index in [4.69, 9.17) is 9.47 Å². The van der Waals surface area contributed by atoms with Crippen molar-refractivity contribution < 1.29 is 24.2 Å². The molecule has 0 unspecified atom stereocenters. The van der Waals surface area contributed by atoms with E-state index in [0.717, 1.165) is 29.8 Å². The van der Waals surface area contributed by atoms with Gasteiger partial charge in [-0.1, -0.05) is 6.07 Å². The number of hydrogen-bond acceptors (Lipinski definition) is 6. The maximum atomic E-state index is 13.6. The number of nitrogens with zero attached hydrogens (tertiary/aromatic N) is 1. The summed E-state index contributed by atoms with van der Waals surface area (Å²) in [5.41, 5.74) is 3.70. The van der Waals surface area contributed by atoms with Crippen molar-refractivity contribution >= 4 is 11.7 Å². The highest BCUT2D eigenvalue weighted by atomic mass is 16.5. The monoisotopic (exact) mass is 412 g/mol. The number of Topliss-reactive ketones (excluding diaryl/α,β-unsaturated/α-hetero) is 1. The molecule has 0 saturated carbocycles. The number of dihydropyridines is 1. The van der Waals surface area contributed by atoms with Gasteiger partial charge in [-0.25, -0.2) is 0 Å². The van der Waals surface area contributed by atoms with Crippen molar-refractivity contribution in [2.24, 2.45) is 0 Å². The summed E-state index contributed by atoms with van der Waals surface area (Å²) in [7, 11) is 0. The Balaban J connectivity index is 1.82. The third-order valence-corrected chi connectivity index (χ3v) is 5.92. The molecule has 0 bridgehead atoms. The molecule has 1 aromatic carbocycles. The number of ether oxygens (including phenoxy) is 2. The Labute approximate surface area is 176 Å². The van der Waals surface area contributed by atoms with Crippen molar-refractivity contribution in [3.8, 4) is 11.5 Å². The predicted molar refractivity (Wildman–Crippen MR) is 111 cm³/mol. The van der Waals surface area contributed by atoms with Crippen molar-refractivity contribution in [3.63, 3.8) is 0 Å². The molecular weight excluding hydrogens is 384 g/mol. The first kappa shape index (κ1) is 20.5. The minimum atomic E-state index is -0.482. The second-order valence-electron chi connectivity index (χ2n) is 7.83. The molecule has 1 atom stereocenters. The number of benzene rings is 1. The lowest BCUT2D eigenvalue weighted by atomic mass is 9.74. The van der Waals surface area contributed by atoms with Crippen LogP contribution in [0.2, 0.25) is 0 Å². The van der Waals surface area contributed by atoms with Crippen molar-refractivity contribution in [2.75, 3.05) is 32.9 Å². The zero-order valence-electron chi connectivity index (χ0n) is 17.5. The number of phenolic OH excluding ortho intramolecular Hbond substituents is 1. The summed E-state index contributed by atoms with van der Waals surface area (Å²) in [6, 6.07) is 5.10. The number of hydrogen-bond donors (Lipinski definition) is 2. The fourth-order valence-electron chi connectivity index (χ4n) is 4.52. The number of carbonyl (C=O) groups excluding carboxylic acids is 2. The van der Waals surface area contributed by atoms with E-state index in [9.17, 15) is 14.7 Å². The zero-order chi connectivity index (χ0) is 21.3. The van der Waals surface area contributed by atoms with Gasteiger partial charge in [-0.15, -0.1) is 0 Å². The topological polar surface area (TPSA) is 88.1 Å². The summed E-state index contributed by atoms with van der Waals surface area (Å²) < 4.78 is 11.0. The molecule has 1 fully saturated rings. The Morgan fingerprint density at radius 2 is 2.07 bits per heavy atom. The molecule has 3 aliphatic rings. The molecule has 1 aliphatic carbocycles.